The summed E-state index contributed by atoms with van der Waals surface area (Å²) in [6, 6.07) is 5.29. The second kappa shape index (κ2) is 3.75. The van der Waals surface area contributed by atoms with Crippen molar-refractivity contribution in [1.29, 1.82) is 0 Å². The van der Waals surface area contributed by atoms with E-state index in [2.05, 4.69) is 20.1 Å². The Hall–Kier alpha value is -2.63. The average molecular weight is 228 g/mol. The summed E-state index contributed by atoms with van der Waals surface area (Å²) in [4.78, 5) is 10.9. The molecule has 0 aliphatic heterocycles. The van der Waals surface area contributed by atoms with Gasteiger partial charge in [0.2, 0.25) is 5.82 Å². The zero-order valence-electron chi connectivity index (χ0n) is 8.66. The molecule has 0 atom stereocenters. The standard InChI is InChI=1S/C11H8N4O2/c16-9-6-12-5-3-7(9)11-14-10(15-17-11)8-2-1-4-13-8/h1-6,13,16H. The molecule has 6 nitrogen and oxygen atoms in total. The number of aromatic amines is 1. The van der Waals surface area contributed by atoms with Crippen molar-refractivity contribution >= 4 is 0 Å². The van der Waals surface area contributed by atoms with Crippen LogP contribution in [0, 0.1) is 0 Å². The molecule has 0 saturated heterocycles. The van der Waals surface area contributed by atoms with Crippen molar-refractivity contribution < 1.29 is 9.63 Å². The summed E-state index contributed by atoms with van der Waals surface area (Å²) < 4.78 is 5.09. The highest BCUT2D eigenvalue weighted by Crippen LogP contribution is 2.27. The summed E-state index contributed by atoms with van der Waals surface area (Å²) in [5.41, 5.74) is 1.22. The molecule has 0 aromatic carbocycles. The van der Waals surface area contributed by atoms with E-state index in [1.165, 1.54) is 6.20 Å². The van der Waals surface area contributed by atoms with Gasteiger partial charge in [0.25, 0.3) is 5.89 Å². The summed E-state index contributed by atoms with van der Waals surface area (Å²) >= 11 is 0. The Bertz CT molecular complexity index is 630. The number of nitrogens with one attached hydrogen (secondary N) is 1. The molecule has 0 bridgehead atoms. The smallest absolute Gasteiger partial charge is 0.262 e. The van der Waals surface area contributed by atoms with Crippen LogP contribution in [-0.2, 0) is 0 Å². The largest absolute Gasteiger partial charge is 0.505 e. The quantitative estimate of drug-likeness (QED) is 0.698. The maximum absolute atomic E-state index is 9.61. The van der Waals surface area contributed by atoms with Crippen LogP contribution >= 0.6 is 0 Å². The molecule has 0 amide bonds. The van der Waals surface area contributed by atoms with Crippen molar-refractivity contribution in [2.75, 3.05) is 0 Å². The molecule has 3 rings (SSSR count). The van der Waals surface area contributed by atoms with Gasteiger partial charge in [-0.1, -0.05) is 5.16 Å². The fourth-order valence-corrected chi connectivity index (χ4v) is 1.48. The van der Waals surface area contributed by atoms with E-state index < -0.39 is 0 Å². The predicted octanol–water partition coefficient (Wildman–Crippen LogP) is 1.83. The number of rotatable bonds is 2. The van der Waals surface area contributed by atoms with E-state index >= 15 is 0 Å². The van der Waals surface area contributed by atoms with Crippen LogP contribution in [-0.4, -0.2) is 25.2 Å². The zero-order chi connectivity index (χ0) is 11.7. The van der Waals surface area contributed by atoms with Gasteiger partial charge in [-0.05, 0) is 18.2 Å². The predicted molar refractivity (Wildman–Crippen MR) is 59.0 cm³/mol. The van der Waals surface area contributed by atoms with Gasteiger partial charge in [0.05, 0.1) is 17.5 Å². The Kier molecular flexibility index (Phi) is 2.11. The van der Waals surface area contributed by atoms with Crippen LogP contribution in [0.2, 0.25) is 0 Å². The van der Waals surface area contributed by atoms with Crippen molar-refractivity contribution in [2.45, 2.75) is 0 Å². The molecule has 3 aromatic rings. The fraction of sp³-hybridized carbons (Fsp3) is 0. The lowest BCUT2D eigenvalue weighted by atomic mass is 10.2. The van der Waals surface area contributed by atoms with E-state index in [0.717, 1.165) is 5.69 Å². The number of hydrogen-bond acceptors (Lipinski definition) is 5. The second-order valence-corrected chi connectivity index (χ2v) is 3.40. The molecule has 0 fully saturated rings. The third-order valence-electron chi connectivity index (χ3n) is 2.30. The highest BCUT2D eigenvalue weighted by molar-refractivity contribution is 5.62. The molecule has 0 unspecified atom stereocenters. The number of aromatic hydroxyl groups is 1. The molecule has 2 N–H and O–H groups in total. The Labute approximate surface area is 96.0 Å². The van der Waals surface area contributed by atoms with E-state index in [1.807, 2.05) is 12.1 Å². The second-order valence-electron chi connectivity index (χ2n) is 3.40. The molecule has 17 heavy (non-hydrogen) atoms. The number of H-pyrrole nitrogens is 1. The minimum Gasteiger partial charge on any atom is -0.505 e. The fourth-order valence-electron chi connectivity index (χ4n) is 1.48. The molecular weight excluding hydrogens is 220 g/mol. The Balaban J connectivity index is 2.04. The molecule has 0 radical (unpaired) electrons. The first-order chi connectivity index (χ1) is 8.34. The van der Waals surface area contributed by atoms with E-state index in [1.54, 1.807) is 18.5 Å². The van der Waals surface area contributed by atoms with Crippen molar-refractivity contribution in [1.82, 2.24) is 20.1 Å². The lowest BCUT2D eigenvalue weighted by Crippen LogP contribution is -1.82. The van der Waals surface area contributed by atoms with E-state index in [4.69, 9.17) is 4.52 Å². The molecule has 0 spiro atoms. The number of aromatic nitrogens is 4. The van der Waals surface area contributed by atoms with Gasteiger partial charge < -0.3 is 14.6 Å². The van der Waals surface area contributed by atoms with E-state index in [0.29, 0.717) is 11.4 Å². The van der Waals surface area contributed by atoms with Crippen LogP contribution < -0.4 is 0 Å². The normalized spacial score (nSPS) is 10.6. The van der Waals surface area contributed by atoms with Gasteiger partial charge in [-0.3, -0.25) is 4.98 Å². The minimum absolute atomic E-state index is 0.00851. The van der Waals surface area contributed by atoms with Crippen LogP contribution in [0.1, 0.15) is 0 Å². The molecule has 0 aliphatic rings. The first kappa shape index (κ1) is 9.59. The van der Waals surface area contributed by atoms with Crippen molar-refractivity contribution in [3.63, 3.8) is 0 Å². The molecular formula is C11H8N4O2. The van der Waals surface area contributed by atoms with Gasteiger partial charge in [-0.15, -0.1) is 0 Å². The highest BCUT2D eigenvalue weighted by Gasteiger charge is 2.13. The first-order valence-electron chi connectivity index (χ1n) is 4.95. The van der Waals surface area contributed by atoms with Crippen LogP contribution in [0.25, 0.3) is 23.0 Å². The van der Waals surface area contributed by atoms with Gasteiger partial charge in [0.1, 0.15) is 5.75 Å². The molecule has 84 valence electrons. The third-order valence-corrected chi connectivity index (χ3v) is 2.30. The molecule has 6 heteroatoms. The summed E-state index contributed by atoms with van der Waals surface area (Å²) in [5.74, 6) is 0.713. The van der Waals surface area contributed by atoms with Crippen molar-refractivity contribution in [3.05, 3.63) is 36.8 Å². The average Bonchev–Trinajstić information content (AvgIpc) is 3.00. The van der Waals surface area contributed by atoms with Crippen LogP contribution in [0.5, 0.6) is 5.75 Å². The maximum Gasteiger partial charge on any atom is 0.262 e. The van der Waals surface area contributed by atoms with Gasteiger partial charge >= 0.3 is 0 Å². The first-order valence-corrected chi connectivity index (χ1v) is 4.95. The maximum atomic E-state index is 9.61. The lowest BCUT2D eigenvalue weighted by Gasteiger charge is -1.95. The monoisotopic (exact) mass is 228 g/mol. The molecule has 0 saturated carbocycles. The summed E-state index contributed by atoms with van der Waals surface area (Å²) in [6.45, 7) is 0. The lowest BCUT2D eigenvalue weighted by molar-refractivity contribution is 0.425. The topological polar surface area (TPSA) is 87.8 Å². The van der Waals surface area contributed by atoms with E-state index in [-0.39, 0.29) is 11.6 Å². The Morgan fingerprint density at radius 1 is 1.29 bits per heavy atom. The van der Waals surface area contributed by atoms with Gasteiger partial charge in [-0.2, -0.15) is 4.98 Å². The van der Waals surface area contributed by atoms with Crippen LogP contribution in [0.4, 0.5) is 0 Å². The highest BCUT2D eigenvalue weighted by atomic mass is 16.5. The summed E-state index contributed by atoms with van der Waals surface area (Å²) in [6.07, 6.45) is 4.65. The third kappa shape index (κ3) is 1.65. The summed E-state index contributed by atoms with van der Waals surface area (Å²) in [7, 11) is 0. The van der Waals surface area contributed by atoms with Gasteiger partial charge in [-0.25, -0.2) is 0 Å². The van der Waals surface area contributed by atoms with E-state index in [9.17, 15) is 5.11 Å². The molecule has 3 heterocycles. The Morgan fingerprint density at radius 3 is 3.00 bits per heavy atom. The molecule has 0 aliphatic carbocycles. The van der Waals surface area contributed by atoms with Crippen molar-refractivity contribution in [2.24, 2.45) is 0 Å². The van der Waals surface area contributed by atoms with Gasteiger partial charge in [0.15, 0.2) is 0 Å². The van der Waals surface area contributed by atoms with Crippen LogP contribution in [0.3, 0.4) is 0 Å². The zero-order valence-corrected chi connectivity index (χ0v) is 8.66. The van der Waals surface area contributed by atoms with Crippen molar-refractivity contribution in [3.8, 4) is 28.7 Å². The number of hydrogen-bond donors (Lipinski definition) is 2. The van der Waals surface area contributed by atoms with Crippen LogP contribution in [0.15, 0.2) is 41.3 Å². The van der Waals surface area contributed by atoms with Gasteiger partial charge in [0, 0.05) is 12.4 Å². The minimum atomic E-state index is 0.00851. The molecule has 3 aromatic heterocycles. The number of pyridine rings is 1. The Morgan fingerprint density at radius 2 is 2.24 bits per heavy atom. The number of nitrogens with zero attached hydrogens (tertiary/aromatic N) is 3. The summed E-state index contributed by atoms with van der Waals surface area (Å²) in [5, 5.41) is 13.4. The SMILES string of the molecule is Oc1cnccc1-c1nc(-c2ccc[nH]2)no1.